The summed E-state index contributed by atoms with van der Waals surface area (Å²) in [7, 11) is 1.74. The summed E-state index contributed by atoms with van der Waals surface area (Å²) in [5.74, 6) is -1.08. The van der Waals surface area contributed by atoms with E-state index in [0.29, 0.717) is 25.3 Å². The molecule has 4 atom stereocenters. The van der Waals surface area contributed by atoms with Crippen molar-refractivity contribution in [1.29, 1.82) is 0 Å². The number of amides is 2. The van der Waals surface area contributed by atoms with Crippen molar-refractivity contribution in [3.8, 4) is 0 Å². The molecule has 2 aromatic rings. The van der Waals surface area contributed by atoms with Crippen molar-refractivity contribution in [3.05, 3.63) is 71.3 Å². The van der Waals surface area contributed by atoms with Crippen molar-refractivity contribution >= 4 is 11.8 Å². The standard InChI is InChI=1S/C24H26N4O3/c1-15-4-5-17(10-16(15)2)12-28-14-24-7-6-19(31-24)20(21(24)23(28)30)22(29)27(3)13-18-11-25-8-9-26-18/h4-11,19-21H,12-14H2,1-3H3/t19-,20+,21-,24-/m0/s1. The Labute approximate surface area is 181 Å². The third-order valence-corrected chi connectivity index (χ3v) is 6.80. The van der Waals surface area contributed by atoms with E-state index in [1.54, 1.807) is 30.5 Å². The molecule has 7 heteroatoms. The smallest absolute Gasteiger partial charge is 0.230 e. The summed E-state index contributed by atoms with van der Waals surface area (Å²) in [6.07, 6.45) is 8.45. The molecule has 0 aliphatic carbocycles. The van der Waals surface area contributed by atoms with Gasteiger partial charge in [0.15, 0.2) is 0 Å². The highest BCUT2D eigenvalue weighted by Gasteiger charge is 2.67. The monoisotopic (exact) mass is 418 g/mol. The number of hydrogen-bond acceptors (Lipinski definition) is 5. The molecule has 0 N–H and O–H groups in total. The van der Waals surface area contributed by atoms with Gasteiger partial charge in [-0.05, 0) is 30.5 Å². The maximum Gasteiger partial charge on any atom is 0.230 e. The van der Waals surface area contributed by atoms with Gasteiger partial charge in [0.25, 0.3) is 0 Å². The largest absolute Gasteiger partial charge is 0.360 e. The SMILES string of the molecule is Cc1ccc(CN2C[C@]34C=C[C@H](O3)[C@@H](C(=O)N(C)Cc3cnccn3)[C@H]4C2=O)cc1C. The summed E-state index contributed by atoms with van der Waals surface area (Å²) in [5.41, 5.74) is 3.54. The number of rotatable bonds is 5. The molecule has 1 spiro atoms. The Hall–Kier alpha value is -3.06. The first-order valence-electron chi connectivity index (χ1n) is 10.6. The molecule has 0 radical (unpaired) electrons. The number of aryl methyl sites for hydroxylation is 2. The third kappa shape index (κ3) is 3.24. The molecular formula is C24H26N4O3. The number of nitrogens with zero attached hydrogens (tertiary/aromatic N) is 4. The van der Waals surface area contributed by atoms with Crippen LogP contribution in [0.2, 0.25) is 0 Å². The highest BCUT2D eigenvalue weighted by molar-refractivity contribution is 5.93. The molecule has 4 heterocycles. The maximum absolute atomic E-state index is 13.4. The number of benzene rings is 1. The van der Waals surface area contributed by atoms with Crippen molar-refractivity contribution < 1.29 is 14.3 Å². The Balaban J connectivity index is 1.36. The quantitative estimate of drug-likeness (QED) is 0.695. The number of carbonyl (C=O) groups is 2. The summed E-state index contributed by atoms with van der Waals surface area (Å²) in [6, 6.07) is 6.27. The topological polar surface area (TPSA) is 75.6 Å². The van der Waals surface area contributed by atoms with E-state index in [2.05, 4.69) is 42.0 Å². The van der Waals surface area contributed by atoms with E-state index in [0.717, 1.165) is 5.56 Å². The van der Waals surface area contributed by atoms with Crippen LogP contribution in [0.25, 0.3) is 0 Å². The number of likely N-dealkylation sites (tertiary alicyclic amines) is 1. The van der Waals surface area contributed by atoms with Crippen LogP contribution in [0.15, 0.2) is 48.9 Å². The predicted molar refractivity (Wildman–Crippen MR) is 114 cm³/mol. The van der Waals surface area contributed by atoms with E-state index in [-0.39, 0.29) is 17.9 Å². The molecule has 2 fully saturated rings. The van der Waals surface area contributed by atoms with Crippen LogP contribution in [-0.4, -0.2) is 56.9 Å². The van der Waals surface area contributed by atoms with Gasteiger partial charge in [0.05, 0.1) is 42.9 Å². The second-order valence-corrected chi connectivity index (χ2v) is 8.90. The number of hydrogen-bond donors (Lipinski definition) is 0. The fourth-order valence-corrected chi connectivity index (χ4v) is 5.10. The molecule has 3 aliphatic heterocycles. The van der Waals surface area contributed by atoms with Gasteiger partial charge in [-0.1, -0.05) is 30.4 Å². The molecule has 1 aromatic carbocycles. The summed E-state index contributed by atoms with van der Waals surface area (Å²) < 4.78 is 6.25. The molecule has 0 unspecified atom stereocenters. The average Bonchev–Trinajstić information content (AvgIpc) is 3.39. The van der Waals surface area contributed by atoms with Crippen LogP contribution in [0.1, 0.15) is 22.4 Å². The number of aromatic nitrogens is 2. The Kier molecular flexibility index (Phi) is 4.66. The molecule has 7 nitrogen and oxygen atoms in total. The predicted octanol–water partition coefficient (Wildman–Crippen LogP) is 2.03. The van der Waals surface area contributed by atoms with Crippen molar-refractivity contribution in [2.75, 3.05) is 13.6 Å². The highest BCUT2D eigenvalue weighted by Crippen LogP contribution is 2.52. The first-order valence-corrected chi connectivity index (χ1v) is 10.6. The molecule has 5 rings (SSSR count). The van der Waals surface area contributed by atoms with E-state index in [9.17, 15) is 9.59 Å². The van der Waals surface area contributed by atoms with E-state index < -0.39 is 17.4 Å². The molecule has 0 saturated carbocycles. The van der Waals surface area contributed by atoms with Crippen LogP contribution in [0.3, 0.4) is 0 Å². The van der Waals surface area contributed by atoms with E-state index in [4.69, 9.17) is 4.74 Å². The number of fused-ring (bicyclic) bond motifs is 1. The van der Waals surface area contributed by atoms with Crippen molar-refractivity contribution in [1.82, 2.24) is 19.8 Å². The lowest BCUT2D eigenvalue weighted by Crippen LogP contribution is -2.44. The third-order valence-electron chi connectivity index (χ3n) is 6.80. The van der Waals surface area contributed by atoms with Crippen molar-refractivity contribution in [3.63, 3.8) is 0 Å². The fourth-order valence-electron chi connectivity index (χ4n) is 5.10. The van der Waals surface area contributed by atoms with Gasteiger partial charge in [0.2, 0.25) is 11.8 Å². The lowest BCUT2D eigenvalue weighted by molar-refractivity contribution is -0.142. The summed E-state index contributed by atoms with van der Waals surface area (Å²) in [6.45, 7) is 5.51. The minimum Gasteiger partial charge on any atom is -0.360 e. The first kappa shape index (κ1) is 19.9. The molecule has 2 saturated heterocycles. The average molecular weight is 418 g/mol. The lowest BCUT2D eigenvalue weighted by Gasteiger charge is -2.27. The zero-order valence-electron chi connectivity index (χ0n) is 18.0. The highest BCUT2D eigenvalue weighted by atomic mass is 16.5. The zero-order chi connectivity index (χ0) is 21.8. The molecular weight excluding hydrogens is 392 g/mol. The zero-order valence-corrected chi connectivity index (χ0v) is 18.0. The van der Waals surface area contributed by atoms with Gasteiger partial charge in [-0.3, -0.25) is 19.6 Å². The second kappa shape index (κ2) is 7.27. The van der Waals surface area contributed by atoms with Gasteiger partial charge in [-0.25, -0.2) is 0 Å². The molecule has 2 bridgehead atoms. The Morgan fingerprint density at radius 2 is 2.13 bits per heavy atom. The van der Waals surface area contributed by atoms with E-state index >= 15 is 0 Å². The molecule has 2 amide bonds. The van der Waals surface area contributed by atoms with Gasteiger partial charge < -0.3 is 14.5 Å². The van der Waals surface area contributed by atoms with Gasteiger partial charge >= 0.3 is 0 Å². The first-order chi connectivity index (χ1) is 14.9. The van der Waals surface area contributed by atoms with Crippen LogP contribution in [0.5, 0.6) is 0 Å². The van der Waals surface area contributed by atoms with Crippen LogP contribution >= 0.6 is 0 Å². The number of ether oxygens (including phenoxy) is 1. The molecule has 3 aliphatic rings. The summed E-state index contributed by atoms with van der Waals surface area (Å²) in [4.78, 5) is 38.6. The van der Waals surface area contributed by atoms with E-state index in [1.807, 2.05) is 17.1 Å². The van der Waals surface area contributed by atoms with Crippen molar-refractivity contribution in [2.45, 2.75) is 38.6 Å². The minimum atomic E-state index is -0.699. The Morgan fingerprint density at radius 3 is 2.87 bits per heavy atom. The van der Waals surface area contributed by atoms with E-state index in [1.165, 1.54) is 11.1 Å². The minimum absolute atomic E-state index is 0.00340. The maximum atomic E-state index is 13.4. The molecule has 1 aromatic heterocycles. The van der Waals surface area contributed by atoms with Crippen molar-refractivity contribution in [2.24, 2.45) is 11.8 Å². The number of carbonyl (C=O) groups excluding carboxylic acids is 2. The van der Waals surface area contributed by atoms with Crippen LogP contribution < -0.4 is 0 Å². The fraction of sp³-hybridized carbons (Fsp3) is 0.417. The molecule has 31 heavy (non-hydrogen) atoms. The normalized spacial score (nSPS) is 28.3. The van der Waals surface area contributed by atoms with Crippen LogP contribution in [0, 0.1) is 25.7 Å². The van der Waals surface area contributed by atoms with Gasteiger partial charge in [0, 0.05) is 26.0 Å². The van der Waals surface area contributed by atoms with Gasteiger partial charge in [0.1, 0.15) is 5.60 Å². The second-order valence-electron chi connectivity index (χ2n) is 8.90. The Bertz CT molecular complexity index is 1070. The summed E-state index contributed by atoms with van der Waals surface area (Å²) in [5, 5.41) is 0. The van der Waals surface area contributed by atoms with Gasteiger partial charge in [-0.15, -0.1) is 0 Å². The van der Waals surface area contributed by atoms with Gasteiger partial charge in [-0.2, -0.15) is 0 Å². The lowest BCUT2D eigenvalue weighted by atomic mass is 9.76. The molecule has 160 valence electrons. The summed E-state index contributed by atoms with van der Waals surface area (Å²) >= 11 is 0. The Morgan fingerprint density at radius 1 is 1.29 bits per heavy atom. The van der Waals surface area contributed by atoms with Crippen LogP contribution in [0.4, 0.5) is 0 Å². The van der Waals surface area contributed by atoms with Crippen LogP contribution in [-0.2, 0) is 27.4 Å².